The van der Waals surface area contributed by atoms with Gasteiger partial charge >= 0.3 is 0 Å². The zero-order chi connectivity index (χ0) is 12.7. The smallest absolute Gasteiger partial charge is 0.137 e. The van der Waals surface area contributed by atoms with Crippen LogP contribution in [0.4, 0.5) is 4.39 Å². The molecule has 2 unspecified atom stereocenters. The number of ether oxygens (including phenoxy) is 1. The van der Waals surface area contributed by atoms with Crippen molar-refractivity contribution >= 4 is 5.78 Å². The molecular formula is C14H16FNO2. The Labute approximate surface area is 106 Å². The first-order valence-corrected chi connectivity index (χ1v) is 6.30. The van der Waals surface area contributed by atoms with E-state index in [0.717, 1.165) is 24.1 Å². The van der Waals surface area contributed by atoms with Crippen molar-refractivity contribution in [2.75, 3.05) is 13.2 Å². The highest BCUT2D eigenvalue weighted by Gasteiger charge is 2.39. The molecular weight excluding hydrogens is 233 g/mol. The predicted octanol–water partition coefficient (Wildman–Crippen LogP) is 2.06. The fourth-order valence-corrected chi connectivity index (χ4v) is 2.93. The summed E-state index contributed by atoms with van der Waals surface area (Å²) in [4.78, 5) is 13.4. The van der Waals surface area contributed by atoms with Gasteiger partial charge in [0.25, 0.3) is 0 Å². The van der Waals surface area contributed by atoms with Gasteiger partial charge in [0.15, 0.2) is 0 Å². The number of carbonyl (C=O) groups excluding carboxylic acids is 1. The first-order valence-electron chi connectivity index (χ1n) is 6.30. The highest BCUT2D eigenvalue weighted by molar-refractivity contribution is 5.76. The van der Waals surface area contributed by atoms with Crippen molar-refractivity contribution in [2.24, 2.45) is 0 Å². The molecule has 0 bridgehead atoms. The van der Waals surface area contributed by atoms with E-state index in [1.807, 2.05) is 6.07 Å². The van der Waals surface area contributed by atoms with Crippen LogP contribution in [0.3, 0.4) is 0 Å². The summed E-state index contributed by atoms with van der Waals surface area (Å²) >= 11 is 0. The number of nitrogens with zero attached hydrogens (tertiary/aromatic N) is 1. The Balaban J connectivity index is 1.88. The third-order valence-electron chi connectivity index (χ3n) is 3.75. The van der Waals surface area contributed by atoms with Crippen LogP contribution in [0.2, 0.25) is 0 Å². The molecule has 0 spiro atoms. The van der Waals surface area contributed by atoms with E-state index >= 15 is 0 Å². The minimum Gasteiger partial charge on any atom is -0.357 e. The molecule has 0 N–H and O–H groups in total. The topological polar surface area (TPSA) is 29.5 Å². The number of benzene rings is 1. The molecule has 96 valence electrons. The minimum atomic E-state index is -0.228. The summed E-state index contributed by atoms with van der Waals surface area (Å²) in [5.74, 6) is -0.0523. The highest BCUT2D eigenvalue weighted by Crippen LogP contribution is 2.37. The fourth-order valence-electron chi connectivity index (χ4n) is 2.93. The number of ketones is 1. The summed E-state index contributed by atoms with van der Waals surface area (Å²) in [7, 11) is 0. The van der Waals surface area contributed by atoms with Crippen LogP contribution in [0.5, 0.6) is 0 Å². The lowest BCUT2D eigenvalue weighted by Crippen LogP contribution is -2.38. The van der Waals surface area contributed by atoms with Gasteiger partial charge in [-0.3, -0.25) is 9.69 Å². The van der Waals surface area contributed by atoms with Crippen molar-refractivity contribution in [3.05, 3.63) is 35.1 Å². The van der Waals surface area contributed by atoms with Crippen LogP contribution in [0.1, 0.15) is 30.7 Å². The number of halogens is 1. The van der Waals surface area contributed by atoms with E-state index in [0.29, 0.717) is 13.0 Å². The summed E-state index contributed by atoms with van der Waals surface area (Å²) in [5, 5.41) is 0. The van der Waals surface area contributed by atoms with Gasteiger partial charge in [0.2, 0.25) is 0 Å². The monoisotopic (exact) mass is 249 g/mol. The van der Waals surface area contributed by atoms with E-state index in [1.165, 1.54) is 6.07 Å². The highest BCUT2D eigenvalue weighted by atomic mass is 19.1. The molecule has 0 aromatic heterocycles. The summed E-state index contributed by atoms with van der Waals surface area (Å²) in [6.07, 6.45) is 1.24. The fraction of sp³-hybridized carbons (Fsp3) is 0.500. The molecule has 1 aromatic rings. The van der Waals surface area contributed by atoms with E-state index in [4.69, 9.17) is 4.74 Å². The largest absolute Gasteiger partial charge is 0.357 e. The maximum absolute atomic E-state index is 13.3. The molecule has 2 aliphatic heterocycles. The Bertz CT molecular complexity index is 489. The summed E-state index contributed by atoms with van der Waals surface area (Å²) in [5.41, 5.74) is 2.08. The van der Waals surface area contributed by atoms with Gasteiger partial charge in [-0.1, -0.05) is 6.07 Å². The van der Waals surface area contributed by atoms with Crippen molar-refractivity contribution in [3.8, 4) is 0 Å². The molecule has 2 aliphatic rings. The molecule has 3 nitrogen and oxygen atoms in total. The number of carbonyl (C=O) groups is 1. The first-order chi connectivity index (χ1) is 8.65. The Kier molecular flexibility index (Phi) is 2.92. The van der Waals surface area contributed by atoms with Gasteiger partial charge in [-0.05, 0) is 31.0 Å². The second kappa shape index (κ2) is 4.44. The van der Waals surface area contributed by atoms with Crippen molar-refractivity contribution in [1.29, 1.82) is 0 Å². The van der Waals surface area contributed by atoms with E-state index in [9.17, 15) is 9.18 Å². The second-order valence-corrected chi connectivity index (χ2v) is 5.08. The molecule has 3 rings (SSSR count). The van der Waals surface area contributed by atoms with Crippen LogP contribution in [0.25, 0.3) is 0 Å². The van der Waals surface area contributed by atoms with Gasteiger partial charge in [0.05, 0.1) is 6.61 Å². The molecule has 1 fully saturated rings. The predicted molar refractivity (Wildman–Crippen MR) is 64.6 cm³/mol. The lowest BCUT2D eigenvalue weighted by atomic mass is 9.97. The van der Waals surface area contributed by atoms with Gasteiger partial charge in [0, 0.05) is 24.6 Å². The van der Waals surface area contributed by atoms with Crippen molar-refractivity contribution in [3.63, 3.8) is 0 Å². The molecule has 1 aromatic carbocycles. The third kappa shape index (κ3) is 1.95. The lowest BCUT2D eigenvalue weighted by Gasteiger charge is -2.33. The summed E-state index contributed by atoms with van der Waals surface area (Å²) in [6, 6.07) is 5.03. The zero-order valence-corrected chi connectivity index (χ0v) is 10.4. The van der Waals surface area contributed by atoms with E-state index in [1.54, 1.807) is 13.0 Å². The number of hydrogen-bond donors (Lipinski definition) is 0. The molecule has 2 heterocycles. The number of Topliss-reactive ketones (excluding diaryl/α,β-unsaturated/α-hetero) is 1. The van der Waals surface area contributed by atoms with Crippen molar-refractivity contribution < 1.29 is 13.9 Å². The van der Waals surface area contributed by atoms with Gasteiger partial charge in [-0.2, -0.15) is 0 Å². The first kappa shape index (κ1) is 11.8. The summed E-state index contributed by atoms with van der Waals surface area (Å²) in [6.45, 7) is 3.03. The SMILES string of the molecule is CC(=O)CC1COC2c3cc(F)ccc3CCN12. The Morgan fingerprint density at radius 3 is 3.17 bits per heavy atom. The molecule has 2 atom stereocenters. The second-order valence-electron chi connectivity index (χ2n) is 5.08. The van der Waals surface area contributed by atoms with Crippen molar-refractivity contribution in [1.82, 2.24) is 4.90 Å². The lowest BCUT2D eigenvalue weighted by molar-refractivity contribution is -0.118. The van der Waals surface area contributed by atoms with Crippen LogP contribution >= 0.6 is 0 Å². The molecule has 0 radical (unpaired) electrons. The standard InChI is InChI=1S/C14H16FNO2/c1-9(17)6-12-8-18-14-13-7-11(15)3-2-10(13)4-5-16(12)14/h2-3,7,12,14H,4-6,8H2,1H3. The maximum Gasteiger partial charge on any atom is 0.137 e. The Hall–Kier alpha value is -1.26. The summed E-state index contributed by atoms with van der Waals surface area (Å²) < 4.78 is 19.1. The van der Waals surface area contributed by atoms with Crippen molar-refractivity contribution in [2.45, 2.75) is 32.0 Å². The molecule has 0 saturated carbocycles. The number of fused-ring (bicyclic) bond motifs is 3. The van der Waals surface area contributed by atoms with E-state index in [2.05, 4.69) is 4.90 Å². The molecule has 0 aliphatic carbocycles. The van der Waals surface area contributed by atoms with Crippen LogP contribution in [-0.2, 0) is 16.0 Å². The van der Waals surface area contributed by atoms with Gasteiger partial charge in [-0.25, -0.2) is 4.39 Å². The van der Waals surface area contributed by atoms with Gasteiger partial charge in [0.1, 0.15) is 17.8 Å². The molecule has 0 amide bonds. The van der Waals surface area contributed by atoms with Crippen LogP contribution in [-0.4, -0.2) is 29.9 Å². The van der Waals surface area contributed by atoms with Gasteiger partial charge < -0.3 is 4.74 Å². The van der Waals surface area contributed by atoms with Crippen LogP contribution < -0.4 is 0 Å². The Morgan fingerprint density at radius 2 is 2.39 bits per heavy atom. The average Bonchev–Trinajstić information content (AvgIpc) is 2.72. The Morgan fingerprint density at radius 1 is 1.56 bits per heavy atom. The van der Waals surface area contributed by atoms with Crippen LogP contribution in [0, 0.1) is 5.82 Å². The zero-order valence-electron chi connectivity index (χ0n) is 10.4. The quantitative estimate of drug-likeness (QED) is 0.803. The number of rotatable bonds is 2. The average molecular weight is 249 g/mol. The van der Waals surface area contributed by atoms with E-state index < -0.39 is 0 Å². The molecule has 4 heteroatoms. The minimum absolute atomic E-state index is 0.143. The van der Waals surface area contributed by atoms with Gasteiger partial charge in [-0.15, -0.1) is 0 Å². The van der Waals surface area contributed by atoms with E-state index in [-0.39, 0.29) is 23.9 Å². The molecule has 1 saturated heterocycles. The maximum atomic E-state index is 13.3. The normalized spacial score (nSPS) is 26.8. The molecule has 18 heavy (non-hydrogen) atoms. The van der Waals surface area contributed by atoms with Crippen LogP contribution in [0.15, 0.2) is 18.2 Å². The number of hydrogen-bond acceptors (Lipinski definition) is 3. The third-order valence-corrected chi connectivity index (χ3v) is 3.75.